The van der Waals surface area contributed by atoms with Gasteiger partial charge >= 0.3 is 0 Å². The molecular weight excluding hydrogens is 318 g/mol. The van der Waals surface area contributed by atoms with Crippen molar-refractivity contribution in [3.05, 3.63) is 42.0 Å². The summed E-state index contributed by atoms with van der Waals surface area (Å²) in [5, 5.41) is 0. The third kappa shape index (κ3) is 2.68. The van der Waals surface area contributed by atoms with Gasteiger partial charge < -0.3 is 14.2 Å². The Kier molecular flexibility index (Phi) is 3.30. The van der Waals surface area contributed by atoms with Crippen molar-refractivity contribution >= 4 is 15.7 Å². The van der Waals surface area contributed by atoms with Crippen LogP contribution in [-0.2, 0) is 16.4 Å². The van der Waals surface area contributed by atoms with Crippen molar-refractivity contribution < 1.29 is 22.6 Å². The molecule has 0 unspecified atom stereocenters. The molecule has 6 nitrogen and oxygen atoms in total. The minimum Gasteiger partial charge on any atom is -0.493 e. The Morgan fingerprint density at radius 1 is 0.913 bits per heavy atom. The van der Waals surface area contributed by atoms with Crippen LogP contribution in [0.2, 0.25) is 0 Å². The summed E-state index contributed by atoms with van der Waals surface area (Å²) < 4.78 is 43.7. The Balaban J connectivity index is 1.63. The van der Waals surface area contributed by atoms with Crippen molar-refractivity contribution in [2.24, 2.45) is 0 Å². The molecule has 0 radical (unpaired) electrons. The second kappa shape index (κ2) is 5.34. The van der Waals surface area contributed by atoms with Gasteiger partial charge in [-0.15, -0.1) is 0 Å². The number of benzene rings is 2. The zero-order chi connectivity index (χ0) is 15.9. The topological polar surface area (TPSA) is 73.9 Å². The molecule has 23 heavy (non-hydrogen) atoms. The van der Waals surface area contributed by atoms with Gasteiger partial charge in [-0.1, -0.05) is 0 Å². The van der Waals surface area contributed by atoms with E-state index in [0.29, 0.717) is 23.8 Å². The molecular formula is C16H15NO5S. The minimum absolute atomic E-state index is 0.149. The highest BCUT2D eigenvalue weighted by Gasteiger charge is 2.20. The van der Waals surface area contributed by atoms with Crippen LogP contribution in [0.25, 0.3) is 0 Å². The molecule has 2 aliphatic heterocycles. The minimum atomic E-state index is -3.67. The van der Waals surface area contributed by atoms with Gasteiger partial charge in [0.1, 0.15) is 5.75 Å². The second-order valence-corrected chi connectivity index (χ2v) is 7.08. The van der Waals surface area contributed by atoms with Crippen molar-refractivity contribution in [1.29, 1.82) is 0 Å². The van der Waals surface area contributed by atoms with Gasteiger partial charge in [0.05, 0.1) is 17.2 Å². The maximum atomic E-state index is 12.6. The summed E-state index contributed by atoms with van der Waals surface area (Å²) in [6.45, 7) is 0.824. The maximum Gasteiger partial charge on any atom is 0.261 e. The smallest absolute Gasteiger partial charge is 0.261 e. The van der Waals surface area contributed by atoms with Gasteiger partial charge in [-0.25, -0.2) is 8.42 Å². The van der Waals surface area contributed by atoms with Crippen LogP contribution < -0.4 is 18.9 Å². The van der Waals surface area contributed by atoms with Gasteiger partial charge in [0.15, 0.2) is 11.5 Å². The first-order valence-electron chi connectivity index (χ1n) is 7.30. The van der Waals surface area contributed by atoms with E-state index in [4.69, 9.17) is 14.2 Å². The molecule has 120 valence electrons. The van der Waals surface area contributed by atoms with Crippen LogP contribution >= 0.6 is 0 Å². The molecule has 0 aliphatic carbocycles. The molecule has 0 saturated carbocycles. The number of fused-ring (bicyclic) bond motifs is 2. The Bertz CT molecular complexity index is 863. The van der Waals surface area contributed by atoms with Crippen LogP contribution in [0.15, 0.2) is 41.3 Å². The maximum absolute atomic E-state index is 12.6. The van der Waals surface area contributed by atoms with Crippen molar-refractivity contribution in [2.45, 2.75) is 17.7 Å². The number of hydrogen-bond donors (Lipinski definition) is 1. The van der Waals surface area contributed by atoms with E-state index in [-0.39, 0.29) is 11.7 Å². The molecule has 0 fully saturated rings. The molecule has 0 saturated heterocycles. The molecule has 0 spiro atoms. The normalized spacial score (nSPS) is 15.7. The van der Waals surface area contributed by atoms with Crippen LogP contribution in [-0.4, -0.2) is 21.8 Å². The number of anilines is 1. The van der Waals surface area contributed by atoms with Gasteiger partial charge in [0, 0.05) is 6.07 Å². The molecule has 0 aromatic heterocycles. The number of ether oxygens (including phenoxy) is 3. The van der Waals surface area contributed by atoms with E-state index < -0.39 is 10.0 Å². The highest BCUT2D eigenvalue weighted by atomic mass is 32.2. The van der Waals surface area contributed by atoms with Gasteiger partial charge in [0.2, 0.25) is 6.79 Å². The van der Waals surface area contributed by atoms with Crippen molar-refractivity contribution in [3.63, 3.8) is 0 Å². The molecule has 0 amide bonds. The standard InChI is InChI=1S/C16H15NO5S/c18-23(19,13-4-6-14-11(8-13)2-1-7-20-14)17-12-3-5-15-16(9-12)22-10-21-15/h3-6,8-9,17H,1-2,7,10H2. The highest BCUT2D eigenvalue weighted by Crippen LogP contribution is 2.35. The summed E-state index contributed by atoms with van der Waals surface area (Å²) >= 11 is 0. The van der Waals surface area contributed by atoms with Crippen molar-refractivity contribution in [3.8, 4) is 17.2 Å². The van der Waals surface area contributed by atoms with Crippen LogP contribution in [0.1, 0.15) is 12.0 Å². The predicted molar refractivity (Wildman–Crippen MR) is 83.6 cm³/mol. The summed E-state index contributed by atoms with van der Waals surface area (Å²) in [6, 6.07) is 9.88. The van der Waals surface area contributed by atoms with Gasteiger partial charge in [0.25, 0.3) is 10.0 Å². The van der Waals surface area contributed by atoms with Gasteiger partial charge in [-0.2, -0.15) is 0 Å². The van der Waals surface area contributed by atoms with Crippen LogP contribution in [0.4, 0.5) is 5.69 Å². The lowest BCUT2D eigenvalue weighted by Crippen LogP contribution is -2.15. The molecule has 2 aliphatic rings. The van der Waals surface area contributed by atoms with E-state index in [1.54, 1.807) is 36.4 Å². The molecule has 0 bridgehead atoms. The van der Waals surface area contributed by atoms with E-state index in [1.807, 2.05) is 0 Å². The summed E-state index contributed by atoms with van der Waals surface area (Å²) in [5.74, 6) is 1.90. The van der Waals surface area contributed by atoms with E-state index in [1.165, 1.54) is 0 Å². The summed E-state index contributed by atoms with van der Waals surface area (Å²) in [7, 11) is -3.67. The van der Waals surface area contributed by atoms with E-state index in [0.717, 1.165) is 24.2 Å². The molecule has 2 heterocycles. The Labute approximate surface area is 134 Å². The average Bonchev–Trinajstić information content (AvgIpc) is 3.01. The van der Waals surface area contributed by atoms with E-state index >= 15 is 0 Å². The largest absolute Gasteiger partial charge is 0.493 e. The first kappa shape index (κ1) is 14.2. The van der Waals surface area contributed by atoms with Gasteiger partial charge in [-0.05, 0) is 48.7 Å². The van der Waals surface area contributed by atoms with Crippen LogP contribution in [0, 0.1) is 0 Å². The number of nitrogens with one attached hydrogen (secondary N) is 1. The number of aryl methyl sites for hydroxylation is 1. The summed E-state index contributed by atoms with van der Waals surface area (Å²) in [5.41, 5.74) is 1.35. The fourth-order valence-corrected chi connectivity index (χ4v) is 3.78. The molecule has 7 heteroatoms. The first-order chi connectivity index (χ1) is 11.1. The lowest BCUT2D eigenvalue weighted by atomic mass is 10.1. The molecule has 2 aromatic rings. The van der Waals surface area contributed by atoms with E-state index in [2.05, 4.69) is 4.72 Å². The monoisotopic (exact) mass is 333 g/mol. The lowest BCUT2D eigenvalue weighted by Gasteiger charge is -2.18. The quantitative estimate of drug-likeness (QED) is 0.934. The Morgan fingerprint density at radius 2 is 1.74 bits per heavy atom. The molecule has 2 aromatic carbocycles. The van der Waals surface area contributed by atoms with Crippen LogP contribution in [0.5, 0.6) is 17.2 Å². The van der Waals surface area contributed by atoms with E-state index in [9.17, 15) is 8.42 Å². The second-order valence-electron chi connectivity index (χ2n) is 5.40. The predicted octanol–water partition coefficient (Wildman–Crippen LogP) is 2.54. The third-order valence-corrected chi connectivity index (χ3v) is 5.19. The molecule has 0 atom stereocenters. The average molecular weight is 333 g/mol. The molecule has 4 rings (SSSR count). The van der Waals surface area contributed by atoms with Crippen LogP contribution in [0.3, 0.4) is 0 Å². The summed E-state index contributed by atoms with van der Waals surface area (Å²) in [6.07, 6.45) is 1.72. The fourth-order valence-electron chi connectivity index (χ4n) is 2.68. The number of sulfonamides is 1. The zero-order valence-electron chi connectivity index (χ0n) is 12.2. The fraction of sp³-hybridized carbons (Fsp3) is 0.250. The SMILES string of the molecule is O=S(=O)(Nc1ccc2c(c1)OCO2)c1ccc2c(c1)CCCO2. The Morgan fingerprint density at radius 3 is 2.65 bits per heavy atom. The van der Waals surface area contributed by atoms with Crippen molar-refractivity contribution in [2.75, 3.05) is 18.1 Å². The Hall–Kier alpha value is -2.41. The van der Waals surface area contributed by atoms with Crippen molar-refractivity contribution in [1.82, 2.24) is 0 Å². The first-order valence-corrected chi connectivity index (χ1v) is 8.78. The zero-order valence-corrected chi connectivity index (χ0v) is 13.1. The van der Waals surface area contributed by atoms with Gasteiger partial charge in [-0.3, -0.25) is 4.72 Å². The number of rotatable bonds is 3. The highest BCUT2D eigenvalue weighted by molar-refractivity contribution is 7.92. The summed E-state index contributed by atoms with van der Waals surface area (Å²) in [4.78, 5) is 0.222. The number of hydrogen-bond acceptors (Lipinski definition) is 5. The third-order valence-electron chi connectivity index (χ3n) is 3.82. The lowest BCUT2D eigenvalue weighted by molar-refractivity contribution is 0.174. The molecule has 1 N–H and O–H groups in total.